The lowest BCUT2D eigenvalue weighted by atomic mass is 9.88. The predicted molar refractivity (Wildman–Crippen MR) is 132 cm³/mol. The molecule has 3 aromatic carbocycles. The highest BCUT2D eigenvalue weighted by Gasteiger charge is 2.33. The van der Waals surface area contributed by atoms with Gasteiger partial charge in [0.1, 0.15) is 5.75 Å². The molecule has 5 rings (SSSR count). The molecule has 3 aromatic rings. The number of hydrogen-bond acceptors (Lipinski definition) is 4. The second kappa shape index (κ2) is 9.67. The first-order valence-corrected chi connectivity index (χ1v) is 11.8. The molecule has 0 aromatic heterocycles. The summed E-state index contributed by atoms with van der Waals surface area (Å²) >= 11 is 0. The smallest absolute Gasteiger partial charge is 0.227 e. The molecule has 1 unspecified atom stereocenters. The van der Waals surface area contributed by atoms with Gasteiger partial charge in [0.2, 0.25) is 5.91 Å². The monoisotopic (exact) mass is 441 g/mol. The second-order valence-electron chi connectivity index (χ2n) is 8.78. The maximum absolute atomic E-state index is 13.2. The molecule has 1 amide bonds. The molecule has 170 valence electrons. The van der Waals surface area contributed by atoms with Crippen LogP contribution in [0.15, 0.2) is 78.9 Å². The Hall–Kier alpha value is -3.31. The van der Waals surface area contributed by atoms with Crippen LogP contribution >= 0.6 is 0 Å². The molecule has 0 bridgehead atoms. The molecule has 2 aliphatic rings. The third-order valence-corrected chi connectivity index (χ3v) is 6.89. The highest BCUT2D eigenvalue weighted by molar-refractivity contribution is 5.82. The summed E-state index contributed by atoms with van der Waals surface area (Å²) in [5.41, 5.74) is 4.74. The van der Waals surface area contributed by atoms with Gasteiger partial charge in [0.15, 0.2) is 0 Å². The number of anilines is 1. The summed E-state index contributed by atoms with van der Waals surface area (Å²) in [5, 5.41) is 0. The molecular formula is C28H31N3O2. The fourth-order valence-corrected chi connectivity index (χ4v) is 5.14. The molecule has 1 saturated heterocycles. The summed E-state index contributed by atoms with van der Waals surface area (Å²) in [6.45, 7) is 5.50. The van der Waals surface area contributed by atoms with E-state index in [9.17, 15) is 4.79 Å². The molecule has 1 atom stereocenters. The van der Waals surface area contributed by atoms with Crippen LogP contribution in [-0.2, 0) is 11.2 Å². The fourth-order valence-electron chi connectivity index (χ4n) is 5.14. The van der Waals surface area contributed by atoms with Gasteiger partial charge in [-0.05, 0) is 28.8 Å². The molecule has 5 heteroatoms. The quantitative estimate of drug-likeness (QED) is 0.580. The number of nitrogens with zero attached hydrogens (tertiary/aromatic N) is 3. The average Bonchev–Trinajstić information content (AvgIpc) is 2.88. The van der Waals surface area contributed by atoms with Crippen LogP contribution in [0.25, 0.3) is 0 Å². The maximum atomic E-state index is 13.2. The van der Waals surface area contributed by atoms with Crippen LogP contribution in [0.5, 0.6) is 5.75 Å². The van der Waals surface area contributed by atoms with Crippen molar-refractivity contribution in [2.45, 2.75) is 12.5 Å². The highest BCUT2D eigenvalue weighted by Crippen LogP contribution is 2.35. The lowest BCUT2D eigenvalue weighted by molar-refractivity contribution is -0.133. The number of carbonyl (C=O) groups is 1. The minimum absolute atomic E-state index is 0.0153. The molecule has 0 aliphatic carbocycles. The maximum Gasteiger partial charge on any atom is 0.227 e. The van der Waals surface area contributed by atoms with Crippen LogP contribution in [0.1, 0.15) is 22.7 Å². The Morgan fingerprint density at radius 3 is 2.30 bits per heavy atom. The van der Waals surface area contributed by atoms with Gasteiger partial charge in [-0.3, -0.25) is 9.69 Å². The van der Waals surface area contributed by atoms with E-state index < -0.39 is 0 Å². The van der Waals surface area contributed by atoms with Crippen molar-refractivity contribution in [3.8, 4) is 5.75 Å². The highest BCUT2D eigenvalue weighted by atomic mass is 16.5. The van der Waals surface area contributed by atoms with Crippen molar-refractivity contribution in [1.82, 2.24) is 9.80 Å². The number of ether oxygens (including phenoxy) is 1. The van der Waals surface area contributed by atoms with Crippen molar-refractivity contribution in [2.75, 3.05) is 51.3 Å². The summed E-state index contributed by atoms with van der Waals surface area (Å²) in [4.78, 5) is 20.2. The number of benzene rings is 3. The Balaban J connectivity index is 1.28. The van der Waals surface area contributed by atoms with Crippen LogP contribution < -0.4 is 9.64 Å². The topological polar surface area (TPSA) is 36.0 Å². The molecule has 2 aliphatic heterocycles. The summed E-state index contributed by atoms with van der Waals surface area (Å²) in [6, 6.07) is 27.0. The Labute approximate surface area is 196 Å². The van der Waals surface area contributed by atoms with Crippen molar-refractivity contribution in [3.05, 3.63) is 95.6 Å². The molecule has 0 radical (unpaired) electrons. The van der Waals surface area contributed by atoms with Crippen LogP contribution in [-0.4, -0.2) is 62.1 Å². The first-order chi connectivity index (χ1) is 16.2. The Kier molecular flexibility index (Phi) is 6.31. The number of piperazine rings is 1. The lowest BCUT2D eigenvalue weighted by Crippen LogP contribution is -2.50. The summed E-state index contributed by atoms with van der Waals surface area (Å²) < 4.78 is 5.55. The number of fused-ring (bicyclic) bond motifs is 1. The van der Waals surface area contributed by atoms with Crippen molar-refractivity contribution >= 4 is 11.6 Å². The average molecular weight is 442 g/mol. The van der Waals surface area contributed by atoms with E-state index in [1.54, 1.807) is 7.11 Å². The van der Waals surface area contributed by atoms with E-state index in [0.717, 1.165) is 56.3 Å². The molecule has 2 heterocycles. The zero-order valence-electron chi connectivity index (χ0n) is 19.2. The van der Waals surface area contributed by atoms with Gasteiger partial charge in [0.05, 0.1) is 25.3 Å². The van der Waals surface area contributed by atoms with Crippen molar-refractivity contribution in [3.63, 3.8) is 0 Å². The predicted octanol–water partition coefficient (Wildman–Crippen LogP) is 3.99. The van der Waals surface area contributed by atoms with Gasteiger partial charge < -0.3 is 14.5 Å². The third kappa shape index (κ3) is 4.46. The van der Waals surface area contributed by atoms with E-state index in [1.165, 1.54) is 11.1 Å². The van der Waals surface area contributed by atoms with E-state index >= 15 is 0 Å². The number of para-hydroxylation sites is 2. The van der Waals surface area contributed by atoms with Crippen LogP contribution in [0.2, 0.25) is 0 Å². The Morgan fingerprint density at radius 2 is 1.52 bits per heavy atom. The van der Waals surface area contributed by atoms with E-state index in [1.807, 2.05) is 24.3 Å². The molecule has 5 nitrogen and oxygen atoms in total. The van der Waals surface area contributed by atoms with E-state index in [4.69, 9.17) is 4.74 Å². The Morgan fingerprint density at radius 1 is 0.818 bits per heavy atom. The van der Waals surface area contributed by atoms with E-state index in [2.05, 4.69) is 69.3 Å². The first kappa shape index (κ1) is 21.5. The van der Waals surface area contributed by atoms with Crippen LogP contribution in [0.4, 0.5) is 5.69 Å². The van der Waals surface area contributed by atoms with E-state index in [0.29, 0.717) is 6.42 Å². The van der Waals surface area contributed by atoms with Gasteiger partial charge in [-0.1, -0.05) is 66.7 Å². The van der Waals surface area contributed by atoms with Gasteiger partial charge in [0, 0.05) is 39.3 Å². The number of methoxy groups -OCH3 is 1. The number of amides is 1. The molecule has 0 saturated carbocycles. The number of carbonyl (C=O) groups excluding carboxylic acids is 1. The number of hydrogen-bond donors (Lipinski definition) is 0. The first-order valence-electron chi connectivity index (χ1n) is 11.8. The van der Waals surface area contributed by atoms with Gasteiger partial charge in [0.25, 0.3) is 0 Å². The van der Waals surface area contributed by atoms with Gasteiger partial charge in [-0.25, -0.2) is 0 Å². The zero-order chi connectivity index (χ0) is 22.6. The zero-order valence-corrected chi connectivity index (χ0v) is 19.2. The standard InChI is InChI=1S/C28H31N3O2/c1-33-26-14-8-7-13-25(26)30-18-15-29(16-19-30)17-20-31-27(32)21-23-11-5-6-12-24(23)28(31)22-9-3-2-4-10-22/h2-14,28H,15-21H2,1H3. The molecule has 33 heavy (non-hydrogen) atoms. The third-order valence-electron chi connectivity index (χ3n) is 6.89. The summed E-state index contributed by atoms with van der Waals surface area (Å²) in [6.07, 6.45) is 0.487. The molecular weight excluding hydrogens is 410 g/mol. The largest absolute Gasteiger partial charge is 0.495 e. The minimum atomic E-state index is -0.0153. The summed E-state index contributed by atoms with van der Waals surface area (Å²) in [5.74, 6) is 1.14. The van der Waals surface area contributed by atoms with Gasteiger partial charge in [-0.15, -0.1) is 0 Å². The Bertz CT molecular complexity index is 1090. The van der Waals surface area contributed by atoms with Gasteiger partial charge in [-0.2, -0.15) is 0 Å². The van der Waals surface area contributed by atoms with Crippen molar-refractivity contribution in [1.29, 1.82) is 0 Å². The van der Waals surface area contributed by atoms with Crippen LogP contribution in [0, 0.1) is 0 Å². The van der Waals surface area contributed by atoms with E-state index in [-0.39, 0.29) is 11.9 Å². The summed E-state index contributed by atoms with van der Waals surface area (Å²) in [7, 11) is 1.73. The fraction of sp³-hybridized carbons (Fsp3) is 0.321. The second-order valence-corrected chi connectivity index (χ2v) is 8.78. The molecule has 0 spiro atoms. The molecule has 0 N–H and O–H groups in total. The number of rotatable bonds is 6. The minimum Gasteiger partial charge on any atom is -0.495 e. The normalized spacial score (nSPS) is 18.8. The van der Waals surface area contributed by atoms with Crippen molar-refractivity contribution < 1.29 is 9.53 Å². The molecule has 1 fully saturated rings. The van der Waals surface area contributed by atoms with Crippen molar-refractivity contribution in [2.24, 2.45) is 0 Å². The lowest BCUT2D eigenvalue weighted by Gasteiger charge is -2.40. The SMILES string of the molecule is COc1ccccc1N1CCN(CCN2C(=O)Cc3ccccc3C2c2ccccc2)CC1. The van der Waals surface area contributed by atoms with Crippen LogP contribution in [0.3, 0.4) is 0 Å². The van der Waals surface area contributed by atoms with Gasteiger partial charge >= 0.3 is 0 Å².